The van der Waals surface area contributed by atoms with Gasteiger partial charge in [-0.25, -0.2) is 0 Å². The average Bonchev–Trinajstić information content (AvgIpc) is 3.03. The first-order valence-corrected chi connectivity index (χ1v) is 7.76. The van der Waals surface area contributed by atoms with E-state index >= 15 is 0 Å². The standard InChI is InChI=1S/C17H18N4O2/c1-12-19-16(21-23-12)17(9-3-2-4-10-17)20-15(22)14-7-5-13(11-18)6-8-14/h5-8H,2-4,9-10H2,1H3,(H,20,22). The number of carbonyl (C=O) groups is 1. The molecule has 0 bridgehead atoms. The smallest absolute Gasteiger partial charge is 0.252 e. The van der Waals surface area contributed by atoms with Crippen molar-refractivity contribution in [2.45, 2.75) is 44.6 Å². The van der Waals surface area contributed by atoms with E-state index in [0.717, 1.165) is 32.1 Å². The number of benzene rings is 1. The van der Waals surface area contributed by atoms with Gasteiger partial charge in [-0.1, -0.05) is 24.4 Å². The maximum absolute atomic E-state index is 12.6. The Kier molecular flexibility index (Phi) is 4.11. The molecule has 0 atom stereocenters. The number of hydrogen-bond acceptors (Lipinski definition) is 5. The number of amides is 1. The van der Waals surface area contributed by atoms with Crippen molar-refractivity contribution in [3.05, 3.63) is 47.1 Å². The van der Waals surface area contributed by atoms with Crippen LogP contribution in [-0.4, -0.2) is 16.0 Å². The molecule has 1 fully saturated rings. The molecule has 3 rings (SSSR count). The molecular weight excluding hydrogens is 292 g/mol. The number of nitrogens with zero attached hydrogens (tertiary/aromatic N) is 3. The van der Waals surface area contributed by atoms with Crippen molar-refractivity contribution in [1.29, 1.82) is 5.26 Å². The van der Waals surface area contributed by atoms with Crippen molar-refractivity contribution >= 4 is 5.91 Å². The molecule has 0 unspecified atom stereocenters. The molecule has 1 saturated carbocycles. The van der Waals surface area contributed by atoms with Gasteiger partial charge in [0.05, 0.1) is 11.6 Å². The van der Waals surface area contributed by atoms with Gasteiger partial charge in [0.1, 0.15) is 5.54 Å². The van der Waals surface area contributed by atoms with E-state index in [4.69, 9.17) is 9.78 Å². The first kappa shape index (κ1) is 15.2. The Morgan fingerprint density at radius 3 is 2.52 bits per heavy atom. The summed E-state index contributed by atoms with van der Waals surface area (Å²) in [5, 5.41) is 16.0. The van der Waals surface area contributed by atoms with Crippen LogP contribution in [0.15, 0.2) is 28.8 Å². The van der Waals surface area contributed by atoms with Crippen molar-refractivity contribution < 1.29 is 9.32 Å². The molecule has 1 aliphatic rings. The number of nitriles is 1. The second-order valence-corrected chi connectivity index (χ2v) is 5.92. The minimum Gasteiger partial charge on any atom is -0.340 e. The zero-order valence-electron chi connectivity index (χ0n) is 13.0. The highest BCUT2D eigenvalue weighted by atomic mass is 16.5. The minimum atomic E-state index is -0.568. The largest absolute Gasteiger partial charge is 0.340 e. The molecule has 1 aliphatic carbocycles. The molecule has 1 aromatic heterocycles. The lowest BCUT2D eigenvalue weighted by molar-refractivity contribution is 0.0855. The third kappa shape index (κ3) is 3.09. The van der Waals surface area contributed by atoms with Gasteiger partial charge in [0.2, 0.25) is 5.89 Å². The maximum Gasteiger partial charge on any atom is 0.252 e. The summed E-state index contributed by atoms with van der Waals surface area (Å²) in [6.45, 7) is 1.75. The number of aromatic nitrogens is 2. The lowest BCUT2D eigenvalue weighted by Crippen LogP contribution is -2.48. The summed E-state index contributed by atoms with van der Waals surface area (Å²) >= 11 is 0. The third-order valence-electron chi connectivity index (χ3n) is 4.29. The van der Waals surface area contributed by atoms with E-state index in [1.54, 1.807) is 31.2 Å². The van der Waals surface area contributed by atoms with Crippen molar-refractivity contribution in [2.75, 3.05) is 0 Å². The molecule has 0 aliphatic heterocycles. The van der Waals surface area contributed by atoms with Crippen LogP contribution in [0, 0.1) is 18.3 Å². The Bertz CT molecular complexity index is 737. The Hall–Kier alpha value is -2.68. The summed E-state index contributed by atoms with van der Waals surface area (Å²) < 4.78 is 5.11. The SMILES string of the molecule is Cc1nc(C2(NC(=O)c3ccc(C#N)cc3)CCCCC2)no1. The van der Waals surface area contributed by atoms with Crippen LogP contribution >= 0.6 is 0 Å². The molecular formula is C17H18N4O2. The van der Waals surface area contributed by atoms with Crippen LogP contribution in [0.1, 0.15) is 59.7 Å². The molecule has 0 spiro atoms. The van der Waals surface area contributed by atoms with Crippen LogP contribution in [0.3, 0.4) is 0 Å². The fourth-order valence-corrected chi connectivity index (χ4v) is 3.04. The zero-order chi connectivity index (χ0) is 16.3. The van der Waals surface area contributed by atoms with Gasteiger partial charge in [-0.2, -0.15) is 10.2 Å². The maximum atomic E-state index is 12.6. The fraction of sp³-hybridized carbons (Fsp3) is 0.412. The molecule has 0 radical (unpaired) electrons. The first-order valence-electron chi connectivity index (χ1n) is 7.76. The van der Waals surface area contributed by atoms with Crippen molar-refractivity contribution in [1.82, 2.24) is 15.5 Å². The van der Waals surface area contributed by atoms with Crippen molar-refractivity contribution in [3.8, 4) is 6.07 Å². The van der Waals surface area contributed by atoms with Gasteiger partial charge in [0, 0.05) is 12.5 Å². The van der Waals surface area contributed by atoms with Gasteiger partial charge in [-0.3, -0.25) is 4.79 Å². The summed E-state index contributed by atoms with van der Waals surface area (Å²) in [5.41, 5.74) is 0.484. The van der Waals surface area contributed by atoms with Gasteiger partial charge >= 0.3 is 0 Å². The van der Waals surface area contributed by atoms with E-state index in [1.807, 2.05) is 6.07 Å². The monoisotopic (exact) mass is 310 g/mol. The summed E-state index contributed by atoms with van der Waals surface area (Å²) in [5.74, 6) is 0.869. The number of rotatable bonds is 3. The third-order valence-corrected chi connectivity index (χ3v) is 4.29. The predicted molar refractivity (Wildman–Crippen MR) is 82.4 cm³/mol. The van der Waals surface area contributed by atoms with Crippen molar-refractivity contribution in [3.63, 3.8) is 0 Å². The van der Waals surface area contributed by atoms with Crippen LogP contribution < -0.4 is 5.32 Å². The van der Waals surface area contributed by atoms with Gasteiger partial charge < -0.3 is 9.84 Å². The molecule has 6 nitrogen and oxygen atoms in total. The predicted octanol–water partition coefficient (Wildman–Crippen LogP) is 2.84. The van der Waals surface area contributed by atoms with E-state index in [-0.39, 0.29) is 5.91 Å². The van der Waals surface area contributed by atoms with Crippen molar-refractivity contribution in [2.24, 2.45) is 0 Å². The molecule has 1 heterocycles. The minimum absolute atomic E-state index is 0.182. The van der Waals surface area contributed by atoms with Gasteiger partial charge in [0.15, 0.2) is 5.82 Å². The topological polar surface area (TPSA) is 91.8 Å². The van der Waals surface area contributed by atoms with Gasteiger partial charge in [0.25, 0.3) is 5.91 Å². The molecule has 2 aromatic rings. The Morgan fingerprint density at radius 2 is 1.96 bits per heavy atom. The zero-order valence-corrected chi connectivity index (χ0v) is 13.0. The first-order chi connectivity index (χ1) is 11.1. The van der Waals surface area contributed by atoms with Gasteiger partial charge in [-0.15, -0.1) is 0 Å². The molecule has 118 valence electrons. The summed E-state index contributed by atoms with van der Waals surface area (Å²) in [6, 6.07) is 8.64. The van der Waals surface area contributed by atoms with Crippen LogP contribution in [0.4, 0.5) is 0 Å². The number of hydrogen-bond donors (Lipinski definition) is 1. The highest BCUT2D eigenvalue weighted by Crippen LogP contribution is 2.35. The molecule has 0 saturated heterocycles. The highest BCUT2D eigenvalue weighted by Gasteiger charge is 2.39. The fourth-order valence-electron chi connectivity index (χ4n) is 3.04. The van der Waals surface area contributed by atoms with E-state index in [0.29, 0.717) is 22.8 Å². The number of carbonyl (C=O) groups excluding carboxylic acids is 1. The van der Waals surface area contributed by atoms with Gasteiger partial charge in [-0.05, 0) is 37.1 Å². The molecule has 6 heteroatoms. The quantitative estimate of drug-likeness (QED) is 0.941. The van der Waals surface area contributed by atoms with E-state index in [2.05, 4.69) is 15.5 Å². The molecule has 23 heavy (non-hydrogen) atoms. The molecule has 1 aromatic carbocycles. The number of aryl methyl sites for hydroxylation is 1. The molecule has 1 amide bonds. The Morgan fingerprint density at radius 1 is 1.26 bits per heavy atom. The summed E-state index contributed by atoms with van der Waals surface area (Å²) in [4.78, 5) is 17.0. The molecule has 1 N–H and O–H groups in total. The van der Waals surface area contributed by atoms with E-state index in [9.17, 15) is 4.79 Å². The Balaban J connectivity index is 1.86. The van der Waals surface area contributed by atoms with Crippen LogP contribution in [0.5, 0.6) is 0 Å². The van der Waals surface area contributed by atoms with E-state index in [1.165, 1.54) is 0 Å². The summed E-state index contributed by atoms with van der Waals surface area (Å²) in [7, 11) is 0. The van der Waals surface area contributed by atoms with Crippen LogP contribution in [0.25, 0.3) is 0 Å². The highest BCUT2D eigenvalue weighted by molar-refractivity contribution is 5.94. The lowest BCUT2D eigenvalue weighted by Gasteiger charge is -2.35. The lowest BCUT2D eigenvalue weighted by atomic mass is 9.80. The number of nitrogens with one attached hydrogen (secondary N) is 1. The van der Waals surface area contributed by atoms with E-state index < -0.39 is 5.54 Å². The van der Waals surface area contributed by atoms with Crippen LogP contribution in [0.2, 0.25) is 0 Å². The summed E-state index contributed by atoms with van der Waals surface area (Å²) in [6.07, 6.45) is 4.77. The average molecular weight is 310 g/mol. The second kappa shape index (κ2) is 6.21. The van der Waals surface area contributed by atoms with Crippen LogP contribution in [-0.2, 0) is 5.54 Å². The normalized spacial score (nSPS) is 16.5. The second-order valence-electron chi connectivity index (χ2n) is 5.92. The Labute approximate surface area is 134 Å².